The molecular weight excluding hydrogens is 436 g/mol. The smallest absolute Gasteiger partial charge is 0.414 e. The van der Waals surface area contributed by atoms with Crippen molar-refractivity contribution in [3.8, 4) is 0 Å². The van der Waals surface area contributed by atoms with Gasteiger partial charge in [0.25, 0.3) is 0 Å². The highest BCUT2D eigenvalue weighted by Crippen LogP contribution is 2.31. The number of amides is 1. The van der Waals surface area contributed by atoms with Gasteiger partial charge in [-0.05, 0) is 72.0 Å². The van der Waals surface area contributed by atoms with Gasteiger partial charge < -0.3 is 4.74 Å². The molecule has 3 fully saturated rings. The van der Waals surface area contributed by atoms with Gasteiger partial charge in [0.1, 0.15) is 6.10 Å². The summed E-state index contributed by atoms with van der Waals surface area (Å²) >= 11 is 5.14. The number of thiophene rings is 1. The van der Waals surface area contributed by atoms with Crippen LogP contribution in [0.3, 0.4) is 0 Å². The molecule has 2 aromatic rings. The van der Waals surface area contributed by atoms with Crippen LogP contribution >= 0.6 is 39.7 Å². The third-order valence-corrected chi connectivity index (χ3v) is 6.69. The third kappa shape index (κ3) is 4.42. The van der Waals surface area contributed by atoms with Gasteiger partial charge >= 0.3 is 6.09 Å². The number of carbonyl (C=O) groups is 1. The number of hydrogen-bond donors (Lipinski definition) is 0. The molecule has 140 valence electrons. The van der Waals surface area contributed by atoms with Crippen LogP contribution in [-0.2, 0) is 11.3 Å². The zero-order valence-electron chi connectivity index (χ0n) is 14.3. The number of benzene rings is 1. The number of rotatable bonds is 4. The molecule has 1 aromatic heterocycles. The summed E-state index contributed by atoms with van der Waals surface area (Å²) in [6.45, 7) is 3.69. The lowest BCUT2D eigenvalue weighted by atomic mass is 9.86. The van der Waals surface area contributed by atoms with Crippen molar-refractivity contribution in [1.82, 2.24) is 4.90 Å². The molecule has 4 heterocycles. The summed E-state index contributed by atoms with van der Waals surface area (Å²) in [6.07, 6.45) is 2.06. The quantitative estimate of drug-likeness (QED) is 0.635. The Bertz CT molecular complexity index is 734. The molecule has 2 bridgehead atoms. The lowest BCUT2D eigenvalue weighted by molar-refractivity contribution is -0.0311. The van der Waals surface area contributed by atoms with Gasteiger partial charge in [0.05, 0.1) is 10.3 Å². The Labute approximate surface area is 172 Å². The number of halogens is 2. The van der Waals surface area contributed by atoms with Crippen molar-refractivity contribution in [2.45, 2.75) is 25.5 Å². The minimum Gasteiger partial charge on any atom is -0.444 e. The summed E-state index contributed by atoms with van der Waals surface area (Å²) in [6, 6.07) is 13.8. The van der Waals surface area contributed by atoms with Gasteiger partial charge in [-0.2, -0.15) is 0 Å². The first-order valence-electron chi connectivity index (χ1n) is 8.69. The lowest BCUT2D eigenvalue weighted by Crippen LogP contribution is -2.53. The first kappa shape index (κ1) is 19.7. The summed E-state index contributed by atoms with van der Waals surface area (Å²) < 4.78 is 7.03. The summed E-state index contributed by atoms with van der Waals surface area (Å²) in [5, 5.41) is 0. The van der Waals surface area contributed by atoms with Crippen LogP contribution < -0.4 is 4.90 Å². The molecule has 0 aliphatic carbocycles. The maximum Gasteiger partial charge on any atom is 0.414 e. The number of ether oxygens (including phenoxy) is 1. The Morgan fingerprint density at radius 2 is 1.92 bits per heavy atom. The average Bonchev–Trinajstić information content (AvgIpc) is 3.06. The van der Waals surface area contributed by atoms with Gasteiger partial charge in [-0.15, -0.1) is 23.7 Å². The van der Waals surface area contributed by atoms with Crippen molar-refractivity contribution in [1.29, 1.82) is 0 Å². The second kappa shape index (κ2) is 8.74. The number of para-hydroxylation sites is 1. The van der Waals surface area contributed by atoms with E-state index in [1.165, 1.54) is 0 Å². The Balaban J connectivity index is 0.00000196. The van der Waals surface area contributed by atoms with Crippen molar-refractivity contribution in [2.24, 2.45) is 5.92 Å². The Morgan fingerprint density at radius 1 is 1.19 bits per heavy atom. The van der Waals surface area contributed by atoms with Crippen LogP contribution in [0, 0.1) is 5.92 Å². The third-order valence-electron chi connectivity index (χ3n) is 5.08. The van der Waals surface area contributed by atoms with Crippen LogP contribution in [0.25, 0.3) is 0 Å². The molecule has 1 atom stereocenters. The van der Waals surface area contributed by atoms with Crippen molar-refractivity contribution >= 4 is 51.5 Å². The Hall–Kier alpha value is -1.08. The van der Waals surface area contributed by atoms with Gasteiger partial charge in [0.2, 0.25) is 0 Å². The molecule has 3 aliphatic rings. The highest BCUT2D eigenvalue weighted by atomic mass is 79.9. The summed E-state index contributed by atoms with van der Waals surface area (Å²) in [5.41, 5.74) is 0.873. The van der Waals surface area contributed by atoms with Gasteiger partial charge in [-0.1, -0.05) is 18.2 Å². The molecule has 5 rings (SSSR count). The molecule has 3 saturated heterocycles. The predicted octanol–water partition coefficient (Wildman–Crippen LogP) is 5.17. The topological polar surface area (TPSA) is 32.8 Å². The summed E-state index contributed by atoms with van der Waals surface area (Å²) in [5.74, 6) is 0.516. The molecule has 0 unspecified atom stereocenters. The molecule has 4 nitrogen and oxygen atoms in total. The van der Waals surface area contributed by atoms with Gasteiger partial charge in [0, 0.05) is 17.1 Å². The molecule has 0 saturated carbocycles. The van der Waals surface area contributed by atoms with Crippen molar-refractivity contribution in [3.05, 3.63) is 51.1 Å². The average molecular weight is 458 g/mol. The van der Waals surface area contributed by atoms with Crippen LogP contribution in [0.2, 0.25) is 0 Å². The van der Waals surface area contributed by atoms with E-state index in [0.717, 1.165) is 46.8 Å². The highest BCUT2D eigenvalue weighted by Gasteiger charge is 2.37. The number of piperidine rings is 3. The van der Waals surface area contributed by atoms with E-state index in [2.05, 4.69) is 20.8 Å². The second-order valence-corrected chi connectivity index (χ2v) is 9.24. The number of nitrogens with zero attached hydrogens (tertiary/aromatic N) is 2. The van der Waals surface area contributed by atoms with E-state index in [0.29, 0.717) is 12.5 Å². The molecule has 0 radical (unpaired) electrons. The maximum absolute atomic E-state index is 13.0. The van der Waals surface area contributed by atoms with Crippen LogP contribution in [0.1, 0.15) is 17.7 Å². The maximum atomic E-state index is 13.0. The molecule has 0 N–H and O–H groups in total. The zero-order valence-corrected chi connectivity index (χ0v) is 17.6. The molecule has 0 spiro atoms. The van der Waals surface area contributed by atoms with Gasteiger partial charge in [-0.25, -0.2) is 4.79 Å². The minimum absolute atomic E-state index is 0. The van der Waals surface area contributed by atoms with Crippen LogP contribution in [-0.4, -0.2) is 36.7 Å². The van der Waals surface area contributed by atoms with Crippen LogP contribution in [0.5, 0.6) is 0 Å². The number of anilines is 1. The fraction of sp³-hybridized carbons (Fsp3) is 0.421. The van der Waals surface area contributed by atoms with E-state index in [4.69, 9.17) is 4.74 Å². The monoisotopic (exact) mass is 456 g/mol. The first-order chi connectivity index (χ1) is 12.2. The van der Waals surface area contributed by atoms with E-state index in [-0.39, 0.29) is 24.6 Å². The SMILES string of the molecule is Cl.O=C(O[C@H]1CN2CCC1CC2)N(Cc1ccc(Br)s1)c1ccccc1. The van der Waals surface area contributed by atoms with Crippen molar-refractivity contribution in [3.63, 3.8) is 0 Å². The van der Waals surface area contributed by atoms with Gasteiger partial charge in [0.15, 0.2) is 0 Å². The van der Waals surface area contributed by atoms with E-state index in [1.54, 1.807) is 16.2 Å². The van der Waals surface area contributed by atoms with Crippen LogP contribution in [0.4, 0.5) is 10.5 Å². The molecule has 26 heavy (non-hydrogen) atoms. The van der Waals surface area contributed by atoms with E-state index in [1.807, 2.05) is 42.5 Å². The molecule has 7 heteroatoms. The fourth-order valence-corrected chi connectivity index (χ4v) is 5.17. The molecule has 1 aromatic carbocycles. The highest BCUT2D eigenvalue weighted by molar-refractivity contribution is 9.11. The lowest BCUT2D eigenvalue weighted by Gasteiger charge is -2.44. The number of fused-ring (bicyclic) bond motifs is 3. The molecule has 3 aliphatic heterocycles. The number of hydrogen-bond acceptors (Lipinski definition) is 4. The molecule has 1 amide bonds. The van der Waals surface area contributed by atoms with Crippen molar-refractivity contribution < 1.29 is 9.53 Å². The Kier molecular flexibility index (Phi) is 6.61. The summed E-state index contributed by atoms with van der Waals surface area (Å²) in [7, 11) is 0. The normalized spacial score (nSPS) is 24.0. The minimum atomic E-state index is -0.241. The number of carbonyl (C=O) groups excluding carboxylic acids is 1. The first-order valence-corrected chi connectivity index (χ1v) is 10.3. The zero-order chi connectivity index (χ0) is 17.2. The van der Waals surface area contributed by atoms with Crippen LogP contribution in [0.15, 0.2) is 46.3 Å². The van der Waals surface area contributed by atoms with Gasteiger partial charge in [-0.3, -0.25) is 9.80 Å². The standard InChI is InChI=1S/C19H21BrN2O2S.ClH/c20-18-7-6-16(25-18)12-22(15-4-2-1-3-5-15)19(23)24-17-13-21-10-8-14(17)9-11-21;/h1-7,14,17H,8-13H2;1H/t17-;/m0./s1. The van der Waals surface area contributed by atoms with E-state index in [9.17, 15) is 4.79 Å². The largest absolute Gasteiger partial charge is 0.444 e. The summed E-state index contributed by atoms with van der Waals surface area (Å²) in [4.78, 5) is 18.3. The van der Waals surface area contributed by atoms with Crippen molar-refractivity contribution in [2.75, 3.05) is 24.5 Å². The second-order valence-electron chi connectivity index (χ2n) is 6.69. The molecular formula is C19H22BrClN2O2S. The Morgan fingerprint density at radius 3 is 2.50 bits per heavy atom. The predicted molar refractivity (Wildman–Crippen MR) is 111 cm³/mol. The fourth-order valence-electron chi connectivity index (χ4n) is 3.70. The van der Waals surface area contributed by atoms with E-state index >= 15 is 0 Å². The van der Waals surface area contributed by atoms with E-state index < -0.39 is 0 Å².